The molecule has 9 heteroatoms. The molecular formula is C21H23N3O5S. The number of anilines is 1. The molecular weight excluding hydrogens is 406 g/mol. The maximum absolute atomic E-state index is 12.8. The van der Waals surface area contributed by atoms with Crippen LogP contribution in [0.15, 0.2) is 59.5 Å². The van der Waals surface area contributed by atoms with Crippen LogP contribution in [0.3, 0.4) is 0 Å². The Morgan fingerprint density at radius 1 is 1.23 bits per heavy atom. The van der Waals surface area contributed by atoms with Crippen molar-refractivity contribution in [2.45, 2.75) is 24.7 Å². The van der Waals surface area contributed by atoms with Crippen molar-refractivity contribution < 1.29 is 18.1 Å². The van der Waals surface area contributed by atoms with Crippen molar-refractivity contribution >= 4 is 33.4 Å². The summed E-state index contributed by atoms with van der Waals surface area (Å²) in [5.41, 5.74) is 0.920. The van der Waals surface area contributed by atoms with E-state index in [4.69, 9.17) is 0 Å². The molecule has 0 radical (unpaired) electrons. The van der Waals surface area contributed by atoms with Crippen LogP contribution in [0.1, 0.15) is 25.3 Å². The molecule has 0 aromatic heterocycles. The number of sulfonamides is 1. The molecule has 1 heterocycles. The Hall–Kier alpha value is -3.04. The molecule has 1 saturated heterocycles. The van der Waals surface area contributed by atoms with E-state index < -0.39 is 20.9 Å². The van der Waals surface area contributed by atoms with Gasteiger partial charge in [-0.05, 0) is 54.7 Å². The lowest BCUT2D eigenvalue weighted by Crippen LogP contribution is -2.39. The van der Waals surface area contributed by atoms with Crippen LogP contribution in [0.25, 0.3) is 6.08 Å². The van der Waals surface area contributed by atoms with Gasteiger partial charge in [0.1, 0.15) is 0 Å². The number of hydrogen-bond acceptors (Lipinski definition) is 5. The first kappa shape index (κ1) is 21.7. The third-order valence-corrected chi connectivity index (χ3v) is 6.77. The fraction of sp³-hybridized carbons (Fsp3) is 0.286. The fourth-order valence-corrected chi connectivity index (χ4v) is 4.92. The number of benzene rings is 2. The molecule has 2 aromatic rings. The van der Waals surface area contributed by atoms with Gasteiger partial charge in [0.15, 0.2) is 0 Å². The van der Waals surface area contributed by atoms with Gasteiger partial charge in [0.25, 0.3) is 5.69 Å². The average molecular weight is 429 g/mol. The molecule has 0 aliphatic carbocycles. The van der Waals surface area contributed by atoms with Crippen LogP contribution >= 0.6 is 0 Å². The number of amides is 1. The molecule has 1 aliphatic heterocycles. The van der Waals surface area contributed by atoms with Gasteiger partial charge >= 0.3 is 0 Å². The Balaban J connectivity index is 1.64. The number of nitrogens with one attached hydrogen (secondary N) is 1. The van der Waals surface area contributed by atoms with Crippen molar-refractivity contribution in [1.82, 2.24) is 4.31 Å². The topological polar surface area (TPSA) is 110 Å². The molecule has 2 aromatic carbocycles. The van der Waals surface area contributed by atoms with Gasteiger partial charge in [-0.2, -0.15) is 4.31 Å². The van der Waals surface area contributed by atoms with E-state index in [0.29, 0.717) is 30.3 Å². The van der Waals surface area contributed by atoms with Crippen LogP contribution in [0.4, 0.5) is 11.4 Å². The van der Waals surface area contributed by atoms with Crippen molar-refractivity contribution in [1.29, 1.82) is 0 Å². The Bertz CT molecular complexity index is 1060. The monoisotopic (exact) mass is 429 g/mol. The fourth-order valence-electron chi connectivity index (χ4n) is 3.32. The second kappa shape index (κ2) is 9.19. The summed E-state index contributed by atoms with van der Waals surface area (Å²) in [4.78, 5) is 22.6. The van der Waals surface area contributed by atoms with Gasteiger partial charge in [-0.3, -0.25) is 14.9 Å². The van der Waals surface area contributed by atoms with Crippen LogP contribution in [0.2, 0.25) is 0 Å². The normalized spacial score (nSPS) is 17.7. The number of rotatable bonds is 6. The lowest BCUT2D eigenvalue weighted by molar-refractivity contribution is -0.384. The van der Waals surface area contributed by atoms with Gasteiger partial charge in [0.05, 0.1) is 9.82 Å². The van der Waals surface area contributed by atoms with Gasteiger partial charge in [-0.25, -0.2) is 8.42 Å². The highest BCUT2D eigenvalue weighted by atomic mass is 32.2. The lowest BCUT2D eigenvalue weighted by atomic mass is 10.0. The van der Waals surface area contributed by atoms with Gasteiger partial charge in [-0.15, -0.1) is 0 Å². The van der Waals surface area contributed by atoms with E-state index in [0.717, 1.165) is 12.8 Å². The van der Waals surface area contributed by atoms with E-state index >= 15 is 0 Å². The highest BCUT2D eigenvalue weighted by Gasteiger charge is 2.28. The van der Waals surface area contributed by atoms with Crippen molar-refractivity contribution in [3.05, 3.63) is 70.3 Å². The largest absolute Gasteiger partial charge is 0.323 e. The van der Waals surface area contributed by atoms with Gasteiger partial charge < -0.3 is 5.32 Å². The number of non-ortho nitro benzene ring substituents is 1. The molecule has 1 N–H and O–H groups in total. The first-order valence-corrected chi connectivity index (χ1v) is 11.0. The summed E-state index contributed by atoms with van der Waals surface area (Å²) in [5, 5.41) is 13.5. The molecule has 3 rings (SSSR count). The van der Waals surface area contributed by atoms with Crippen molar-refractivity contribution in [2.24, 2.45) is 5.92 Å². The summed E-state index contributed by atoms with van der Waals surface area (Å²) in [6, 6.07) is 12.0. The van der Waals surface area contributed by atoms with Crippen molar-refractivity contribution in [2.75, 3.05) is 18.4 Å². The Kier molecular flexibility index (Phi) is 6.63. The zero-order valence-corrected chi connectivity index (χ0v) is 17.3. The highest BCUT2D eigenvalue weighted by Crippen LogP contribution is 2.24. The summed E-state index contributed by atoms with van der Waals surface area (Å²) < 4.78 is 27.1. The first-order chi connectivity index (χ1) is 14.3. The van der Waals surface area contributed by atoms with Crippen molar-refractivity contribution in [3.8, 4) is 0 Å². The Morgan fingerprint density at radius 3 is 2.63 bits per heavy atom. The van der Waals surface area contributed by atoms with Gasteiger partial charge in [-0.1, -0.05) is 19.1 Å². The molecule has 158 valence electrons. The quantitative estimate of drug-likeness (QED) is 0.428. The maximum Gasteiger partial charge on any atom is 0.270 e. The minimum absolute atomic E-state index is 0.0579. The summed E-state index contributed by atoms with van der Waals surface area (Å²) in [7, 11) is -3.55. The molecule has 0 saturated carbocycles. The number of piperidine rings is 1. The highest BCUT2D eigenvalue weighted by molar-refractivity contribution is 7.89. The minimum atomic E-state index is -3.55. The number of carbonyl (C=O) groups excluding carboxylic acids is 1. The predicted molar refractivity (Wildman–Crippen MR) is 114 cm³/mol. The second-order valence-electron chi connectivity index (χ2n) is 7.31. The molecule has 30 heavy (non-hydrogen) atoms. The molecule has 1 fully saturated rings. The summed E-state index contributed by atoms with van der Waals surface area (Å²) in [6.45, 7) is 3.08. The van der Waals surface area contributed by atoms with E-state index in [1.807, 2.05) is 6.92 Å². The van der Waals surface area contributed by atoms with Crippen LogP contribution in [0.5, 0.6) is 0 Å². The molecule has 8 nitrogen and oxygen atoms in total. The summed E-state index contributed by atoms with van der Waals surface area (Å²) >= 11 is 0. The lowest BCUT2D eigenvalue weighted by Gasteiger charge is -2.30. The standard InChI is InChI=1S/C21H23N3O5S/c1-16-4-3-13-23(15-16)30(28,29)20-10-8-18(9-11-20)22-21(25)12-7-17-5-2-6-19(14-17)24(26)27/h2,5-12,14,16H,3-4,13,15H2,1H3,(H,22,25)/b12-7+. The number of carbonyl (C=O) groups is 1. The van der Waals surface area contributed by atoms with Crippen LogP contribution in [-0.4, -0.2) is 36.6 Å². The first-order valence-electron chi connectivity index (χ1n) is 9.59. The minimum Gasteiger partial charge on any atom is -0.323 e. The average Bonchev–Trinajstić information content (AvgIpc) is 2.73. The molecule has 0 bridgehead atoms. The Labute approximate surface area is 175 Å². The van der Waals surface area contributed by atoms with E-state index in [9.17, 15) is 23.3 Å². The number of nitrogens with zero attached hydrogens (tertiary/aromatic N) is 2. The molecule has 1 aliphatic rings. The van der Waals surface area contributed by atoms with E-state index in [-0.39, 0.29) is 10.6 Å². The zero-order chi connectivity index (χ0) is 21.7. The summed E-state index contributed by atoms with van der Waals surface area (Å²) in [5.74, 6) is -0.0908. The molecule has 1 atom stereocenters. The van der Waals surface area contributed by atoms with E-state index in [2.05, 4.69) is 5.32 Å². The third-order valence-electron chi connectivity index (χ3n) is 4.89. The van der Waals surface area contributed by atoms with E-state index in [1.54, 1.807) is 18.2 Å². The smallest absolute Gasteiger partial charge is 0.270 e. The molecule has 1 amide bonds. The molecule has 1 unspecified atom stereocenters. The van der Waals surface area contributed by atoms with Crippen LogP contribution < -0.4 is 5.32 Å². The Morgan fingerprint density at radius 2 is 1.97 bits per heavy atom. The number of nitro groups is 1. The van der Waals surface area contributed by atoms with Gasteiger partial charge in [0, 0.05) is 37.0 Å². The SMILES string of the molecule is CC1CCCN(S(=O)(=O)c2ccc(NC(=O)/C=C/c3cccc([N+](=O)[O-])c3)cc2)C1. The van der Waals surface area contributed by atoms with E-state index in [1.165, 1.54) is 46.8 Å². The molecule has 0 spiro atoms. The van der Waals surface area contributed by atoms with Crippen LogP contribution in [0, 0.1) is 16.0 Å². The zero-order valence-electron chi connectivity index (χ0n) is 16.5. The van der Waals surface area contributed by atoms with Crippen molar-refractivity contribution in [3.63, 3.8) is 0 Å². The van der Waals surface area contributed by atoms with Crippen LogP contribution in [-0.2, 0) is 14.8 Å². The number of hydrogen-bond donors (Lipinski definition) is 1. The predicted octanol–water partition coefficient (Wildman–Crippen LogP) is 3.67. The third kappa shape index (κ3) is 5.31. The summed E-state index contributed by atoms with van der Waals surface area (Å²) in [6.07, 6.45) is 4.61. The second-order valence-corrected chi connectivity index (χ2v) is 9.25. The maximum atomic E-state index is 12.8. The van der Waals surface area contributed by atoms with Gasteiger partial charge in [0.2, 0.25) is 15.9 Å². The number of nitro benzene ring substituents is 1.